The summed E-state index contributed by atoms with van der Waals surface area (Å²) in [5.74, 6) is -0.491. The molecule has 0 aliphatic carbocycles. The first-order chi connectivity index (χ1) is 14.4. The van der Waals surface area contributed by atoms with Crippen LogP contribution in [0.25, 0.3) is 0 Å². The van der Waals surface area contributed by atoms with Crippen LogP contribution < -0.4 is 5.73 Å². The third kappa shape index (κ3) is 5.00. The van der Waals surface area contributed by atoms with E-state index in [1.165, 1.54) is 11.8 Å². The summed E-state index contributed by atoms with van der Waals surface area (Å²) >= 11 is 1.29. The zero-order valence-corrected chi connectivity index (χ0v) is 20.1. The molecule has 2 aromatic rings. The van der Waals surface area contributed by atoms with Gasteiger partial charge in [-0.15, -0.1) is 11.8 Å². The number of furan rings is 1. The summed E-state index contributed by atoms with van der Waals surface area (Å²) in [5, 5.41) is -0.857. The summed E-state index contributed by atoms with van der Waals surface area (Å²) < 4.78 is 11.2. The summed E-state index contributed by atoms with van der Waals surface area (Å²) in [6, 6.07) is 5.83. The number of nitrogens with two attached hydrogens (primary N) is 1. The van der Waals surface area contributed by atoms with Gasteiger partial charge >= 0.3 is 5.97 Å². The maximum atomic E-state index is 13.2. The zero-order chi connectivity index (χ0) is 23.0. The molecular formula is C25H33NO4S. The Balaban J connectivity index is 1.84. The van der Waals surface area contributed by atoms with Crippen molar-refractivity contribution in [3.8, 4) is 0 Å². The van der Waals surface area contributed by atoms with Crippen molar-refractivity contribution >= 4 is 29.2 Å². The molecule has 0 saturated carbocycles. The Bertz CT molecular complexity index is 939. The number of Topliss-reactive ketones (excluding diaryl/α,β-unsaturated/α-hetero) is 1. The lowest BCUT2D eigenvalue weighted by Gasteiger charge is -2.41. The number of cyclic esters (lactones) is 1. The molecule has 0 spiro atoms. The number of carbonyl (C=O) groups excluding carboxylic acids is 2. The molecule has 2 N–H and O–H groups in total. The third-order valence-electron chi connectivity index (χ3n) is 6.17. The van der Waals surface area contributed by atoms with Crippen LogP contribution >= 0.6 is 11.8 Å². The molecule has 0 bridgehead atoms. The van der Waals surface area contributed by atoms with Crippen molar-refractivity contribution in [3.63, 3.8) is 0 Å². The highest BCUT2D eigenvalue weighted by Crippen LogP contribution is 2.43. The Morgan fingerprint density at radius 1 is 1.26 bits per heavy atom. The number of thioether (sulfide) groups is 1. The average molecular weight is 444 g/mol. The fraction of sp³-hybridized carbons (Fsp3) is 0.520. The molecular weight excluding hydrogens is 410 g/mol. The van der Waals surface area contributed by atoms with Crippen molar-refractivity contribution < 1.29 is 18.7 Å². The highest BCUT2D eigenvalue weighted by Gasteiger charge is 2.49. The van der Waals surface area contributed by atoms with Crippen molar-refractivity contribution in [1.82, 2.24) is 0 Å². The second-order valence-corrected chi connectivity index (χ2v) is 11.0. The quantitative estimate of drug-likeness (QED) is 0.362. The van der Waals surface area contributed by atoms with Crippen LogP contribution in [-0.2, 0) is 26.2 Å². The average Bonchev–Trinajstić information content (AvgIpc) is 3.18. The van der Waals surface area contributed by atoms with E-state index < -0.39 is 16.8 Å². The number of rotatable bonds is 6. The lowest BCUT2D eigenvalue weighted by Crippen LogP contribution is -2.52. The van der Waals surface area contributed by atoms with Crippen LogP contribution in [0, 0.1) is 12.8 Å². The maximum Gasteiger partial charge on any atom is 0.327 e. The third-order valence-corrected chi connectivity index (χ3v) is 7.46. The summed E-state index contributed by atoms with van der Waals surface area (Å²) in [6.07, 6.45) is 4.83. The highest BCUT2D eigenvalue weighted by molar-refractivity contribution is 8.01. The molecule has 3 rings (SSSR count). The van der Waals surface area contributed by atoms with Gasteiger partial charge in [0.05, 0.1) is 12.5 Å². The first kappa shape index (κ1) is 23.5. The fourth-order valence-electron chi connectivity index (χ4n) is 3.97. The monoisotopic (exact) mass is 443 g/mol. The molecule has 1 saturated heterocycles. The molecule has 1 aliphatic rings. The molecule has 2 unspecified atom stereocenters. The van der Waals surface area contributed by atoms with Gasteiger partial charge in [-0.05, 0) is 66.0 Å². The van der Waals surface area contributed by atoms with Crippen LogP contribution in [0.15, 0.2) is 40.0 Å². The summed E-state index contributed by atoms with van der Waals surface area (Å²) in [4.78, 5) is 27.2. The van der Waals surface area contributed by atoms with Gasteiger partial charge in [0.25, 0.3) is 0 Å². The van der Waals surface area contributed by atoms with E-state index in [1.807, 2.05) is 39.0 Å². The van der Waals surface area contributed by atoms with Crippen molar-refractivity contribution in [2.45, 2.75) is 82.0 Å². The Kier molecular flexibility index (Phi) is 6.61. The molecule has 31 heavy (non-hydrogen) atoms. The van der Waals surface area contributed by atoms with Gasteiger partial charge in [-0.2, -0.15) is 0 Å². The number of benzene rings is 1. The van der Waals surface area contributed by atoms with E-state index in [4.69, 9.17) is 14.9 Å². The molecule has 1 fully saturated rings. The molecule has 5 nitrogen and oxygen atoms in total. The van der Waals surface area contributed by atoms with E-state index in [1.54, 1.807) is 12.5 Å². The Morgan fingerprint density at radius 3 is 2.52 bits per heavy atom. The van der Waals surface area contributed by atoms with E-state index in [2.05, 4.69) is 20.8 Å². The van der Waals surface area contributed by atoms with Gasteiger partial charge in [0, 0.05) is 17.0 Å². The second-order valence-electron chi connectivity index (χ2n) is 9.87. The number of aryl methyl sites for hydroxylation is 2. The van der Waals surface area contributed by atoms with Crippen molar-refractivity contribution in [2.75, 3.05) is 5.73 Å². The van der Waals surface area contributed by atoms with Crippen LogP contribution in [0.1, 0.15) is 64.2 Å². The number of esters is 1. The first-order valence-electron chi connectivity index (χ1n) is 10.8. The van der Waals surface area contributed by atoms with E-state index in [0.717, 1.165) is 21.6 Å². The largest absolute Gasteiger partial charge is 0.472 e. The molecule has 0 radical (unpaired) electrons. The lowest BCUT2D eigenvalue weighted by atomic mass is 9.78. The van der Waals surface area contributed by atoms with Gasteiger partial charge in [0.2, 0.25) is 0 Å². The maximum absolute atomic E-state index is 13.2. The number of nitrogen functional groups attached to an aromatic ring is 1. The topological polar surface area (TPSA) is 82.5 Å². The molecule has 1 aromatic carbocycles. The van der Waals surface area contributed by atoms with Gasteiger partial charge < -0.3 is 14.9 Å². The summed E-state index contributed by atoms with van der Waals surface area (Å²) in [7, 11) is 0. The van der Waals surface area contributed by atoms with Crippen LogP contribution in [0.5, 0.6) is 0 Å². The normalized spacial score (nSPS) is 22.1. The molecule has 0 amide bonds. The zero-order valence-electron chi connectivity index (χ0n) is 19.3. The number of hydrogen-bond donors (Lipinski definition) is 1. The first-order valence-corrected chi connectivity index (χ1v) is 11.6. The van der Waals surface area contributed by atoms with E-state index in [9.17, 15) is 9.59 Å². The number of carbonyl (C=O) groups is 2. The molecule has 1 aliphatic heterocycles. The van der Waals surface area contributed by atoms with Crippen LogP contribution in [0.4, 0.5) is 5.69 Å². The predicted molar refractivity (Wildman–Crippen MR) is 124 cm³/mol. The van der Waals surface area contributed by atoms with E-state index in [-0.39, 0.29) is 23.5 Å². The minimum Gasteiger partial charge on any atom is -0.472 e. The van der Waals surface area contributed by atoms with Crippen molar-refractivity contribution in [2.24, 2.45) is 5.92 Å². The Hall–Kier alpha value is -2.21. The van der Waals surface area contributed by atoms with Crippen LogP contribution in [0.3, 0.4) is 0 Å². The van der Waals surface area contributed by atoms with Gasteiger partial charge in [-0.1, -0.05) is 34.6 Å². The number of ether oxygens (including phenoxy) is 1. The lowest BCUT2D eigenvalue weighted by molar-refractivity contribution is -0.176. The smallest absolute Gasteiger partial charge is 0.327 e. The minimum atomic E-state index is -0.857. The van der Waals surface area contributed by atoms with Crippen molar-refractivity contribution in [1.29, 1.82) is 0 Å². The molecule has 1 aromatic heterocycles. The number of ketones is 1. The van der Waals surface area contributed by atoms with E-state index in [0.29, 0.717) is 18.5 Å². The SMILES string of the molecule is Cc1cc(SC2C(=O)CC(CCc3ccoc3)(C(C)C)OC2=O)c(C(C)(C)C)cc1N. The summed E-state index contributed by atoms with van der Waals surface area (Å²) in [6.45, 7) is 12.2. The van der Waals surface area contributed by atoms with Gasteiger partial charge in [-0.3, -0.25) is 9.59 Å². The molecule has 168 valence electrons. The van der Waals surface area contributed by atoms with E-state index >= 15 is 0 Å². The predicted octanol–water partition coefficient (Wildman–Crippen LogP) is 5.47. The molecule has 6 heteroatoms. The van der Waals surface area contributed by atoms with Gasteiger partial charge in [0.1, 0.15) is 5.60 Å². The van der Waals surface area contributed by atoms with Crippen molar-refractivity contribution in [3.05, 3.63) is 47.4 Å². The summed E-state index contributed by atoms with van der Waals surface area (Å²) in [5.41, 5.74) is 8.90. The molecule has 2 atom stereocenters. The number of anilines is 1. The fourth-order valence-corrected chi connectivity index (χ4v) is 5.32. The van der Waals surface area contributed by atoms with Gasteiger partial charge in [0.15, 0.2) is 11.0 Å². The standard InChI is InChI=1S/C25H33NO4S/c1-15(2)25(9-7-17-8-10-29-14-17)13-20(27)22(23(28)30-25)31-21-11-16(3)19(26)12-18(21)24(4,5)6/h8,10-12,14-15,22H,7,9,13,26H2,1-6H3. The van der Waals surface area contributed by atoms with Crippen LogP contribution in [0.2, 0.25) is 0 Å². The molecule has 2 heterocycles. The second kappa shape index (κ2) is 8.73. The van der Waals surface area contributed by atoms with Gasteiger partial charge in [-0.25, -0.2) is 0 Å². The number of hydrogen-bond acceptors (Lipinski definition) is 6. The Labute approximate surface area is 189 Å². The highest BCUT2D eigenvalue weighted by atomic mass is 32.2. The minimum absolute atomic E-state index is 0.0298. The Morgan fingerprint density at radius 2 is 1.97 bits per heavy atom. The van der Waals surface area contributed by atoms with Crippen LogP contribution in [-0.4, -0.2) is 22.6 Å².